The Morgan fingerprint density at radius 2 is 2.00 bits per heavy atom. The minimum Gasteiger partial charge on any atom is -0.465 e. The maximum atomic E-state index is 10.5. The number of aliphatic hydroxyl groups is 3. The molecule has 20 heavy (non-hydrogen) atoms. The lowest BCUT2D eigenvalue weighted by Crippen LogP contribution is -2.51. The van der Waals surface area contributed by atoms with Gasteiger partial charge in [-0.05, 0) is 12.1 Å². The van der Waals surface area contributed by atoms with E-state index in [1.807, 2.05) is 0 Å². The molecule has 0 saturated carbocycles. The average Bonchev–Trinajstić information content (AvgIpc) is 2.43. The van der Waals surface area contributed by atoms with Crippen LogP contribution in [-0.2, 0) is 4.74 Å². The fourth-order valence-corrected chi connectivity index (χ4v) is 1.94. The van der Waals surface area contributed by atoms with Gasteiger partial charge in [-0.25, -0.2) is 0 Å². The van der Waals surface area contributed by atoms with Crippen LogP contribution in [0.15, 0.2) is 24.3 Å². The van der Waals surface area contributed by atoms with Crippen molar-refractivity contribution < 1.29 is 29.7 Å². The van der Waals surface area contributed by atoms with Crippen molar-refractivity contribution in [1.82, 2.24) is 0 Å². The molecule has 1 aromatic rings. The van der Waals surface area contributed by atoms with Gasteiger partial charge < -0.3 is 24.8 Å². The number of non-ortho nitro benzene ring substituents is 1. The lowest BCUT2D eigenvalue weighted by atomic mass is 10.0. The van der Waals surface area contributed by atoms with Crippen molar-refractivity contribution in [3.63, 3.8) is 0 Å². The first-order chi connectivity index (χ1) is 9.51. The van der Waals surface area contributed by atoms with E-state index >= 15 is 0 Å². The Balaban J connectivity index is 2.00. The number of nitrogens with zero attached hydrogens (tertiary/aromatic N) is 1. The zero-order valence-corrected chi connectivity index (χ0v) is 10.5. The highest BCUT2D eigenvalue weighted by Crippen LogP contribution is 2.24. The van der Waals surface area contributed by atoms with Crippen molar-refractivity contribution in [1.29, 1.82) is 0 Å². The van der Waals surface area contributed by atoms with Crippen LogP contribution < -0.4 is 4.74 Å². The lowest BCUT2D eigenvalue weighted by molar-refractivity contribution is -0.384. The van der Waals surface area contributed by atoms with Crippen LogP contribution in [0.4, 0.5) is 5.69 Å². The second-order valence-corrected chi connectivity index (χ2v) is 4.45. The molecule has 2 rings (SSSR count). The standard InChI is InChI=1S/C12H15NO7/c14-6-10-12(16)9(15)5-11(20-10)19-8-3-1-7(2-4-8)13(17)18/h1-4,9-12,14-16H,5-6H2/t9-,10-,11+,12+/m1/s1. The highest BCUT2D eigenvalue weighted by molar-refractivity contribution is 5.36. The first kappa shape index (κ1) is 14.7. The number of nitro benzene ring substituents is 1. The average molecular weight is 285 g/mol. The van der Waals surface area contributed by atoms with Gasteiger partial charge in [-0.3, -0.25) is 10.1 Å². The third-order valence-electron chi connectivity index (χ3n) is 3.03. The number of hydrogen-bond donors (Lipinski definition) is 3. The van der Waals surface area contributed by atoms with Crippen molar-refractivity contribution in [3.05, 3.63) is 34.4 Å². The van der Waals surface area contributed by atoms with Crippen molar-refractivity contribution in [3.8, 4) is 5.75 Å². The summed E-state index contributed by atoms with van der Waals surface area (Å²) in [4.78, 5) is 9.99. The summed E-state index contributed by atoms with van der Waals surface area (Å²) in [5.41, 5.74) is -0.0643. The maximum absolute atomic E-state index is 10.5. The fraction of sp³-hybridized carbons (Fsp3) is 0.500. The predicted molar refractivity (Wildman–Crippen MR) is 66.1 cm³/mol. The van der Waals surface area contributed by atoms with E-state index in [0.29, 0.717) is 5.75 Å². The van der Waals surface area contributed by atoms with Crippen molar-refractivity contribution in [2.45, 2.75) is 31.0 Å². The van der Waals surface area contributed by atoms with Crippen LogP contribution in [0.1, 0.15) is 6.42 Å². The Labute approximate surface area is 114 Å². The van der Waals surface area contributed by atoms with Gasteiger partial charge in [-0.2, -0.15) is 0 Å². The fourth-order valence-electron chi connectivity index (χ4n) is 1.94. The zero-order valence-electron chi connectivity index (χ0n) is 10.5. The molecule has 0 aliphatic carbocycles. The van der Waals surface area contributed by atoms with Crippen LogP contribution in [0.3, 0.4) is 0 Å². The quantitative estimate of drug-likeness (QED) is 0.517. The molecule has 0 unspecified atom stereocenters. The highest BCUT2D eigenvalue weighted by atomic mass is 16.7. The van der Waals surface area contributed by atoms with Crippen LogP contribution in [0.25, 0.3) is 0 Å². The van der Waals surface area contributed by atoms with Gasteiger partial charge in [0.25, 0.3) is 5.69 Å². The summed E-state index contributed by atoms with van der Waals surface area (Å²) in [6.45, 7) is -0.446. The van der Waals surface area contributed by atoms with Gasteiger partial charge in [0.05, 0.1) is 17.6 Å². The monoisotopic (exact) mass is 285 g/mol. The summed E-state index contributed by atoms with van der Waals surface area (Å²) in [5.74, 6) is 0.334. The normalized spacial score (nSPS) is 29.9. The van der Waals surface area contributed by atoms with E-state index in [1.165, 1.54) is 24.3 Å². The SMILES string of the molecule is O=[N+]([O-])c1ccc(O[C@@H]2C[C@@H](O)[C@H](O)[C@@H](CO)O2)cc1. The summed E-state index contributed by atoms with van der Waals surface area (Å²) in [6, 6.07) is 5.39. The van der Waals surface area contributed by atoms with E-state index in [4.69, 9.17) is 14.6 Å². The Bertz CT molecular complexity index is 463. The molecule has 3 N–H and O–H groups in total. The van der Waals surface area contributed by atoms with Gasteiger partial charge in [0.2, 0.25) is 6.29 Å². The van der Waals surface area contributed by atoms with E-state index in [-0.39, 0.29) is 12.1 Å². The van der Waals surface area contributed by atoms with E-state index < -0.39 is 36.1 Å². The number of hydrogen-bond acceptors (Lipinski definition) is 7. The van der Waals surface area contributed by atoms with Crippen LogP contribution >= 0.6 is 0 Å². The molecule has 1 aliphatic rings. The third kappa shape index (κ3) is 3.23. The number of ether oxygens (including phenoxy) is 2. The van der Waals surface area contributed by atoms with E-state index in [9.17, 15) is 20.3 Å². The summed E-state index contributed by atoms with van der Waals surface area (Å²) in [6.07, 6.45) is -3.97. The van der Waals surface area contributed by atoms with Gasteiger partial charge in [0.15, 0.2) is 0 Å². The van der Waals surface area contributed by atoms with E-state index in [2.05, 4.69) is 0 Å². The molecular formula is C12H15NO7. The molecule has 0 radical (unpaired) electrons. The van der Waals surface area contributed by atoms with E-state index in [1.54, 1.807) is 0 Å². The van der Waals surface area contributed by atoms with Gasteiger partial charge in [0.1, 0.15) is 18.0 Å². The second-order valence-electron chi connectivity index (χ2n) is 4.45. The molecule has 1 aliphatic heterocycles. The lowest BCUT2D eigenvalue weighted by Gasteiger charge is -2.36. The van der Waals surface area contributed by atoms with Crippen molar-refractivity contribution in [2.24, 2.45) is 0 Å². The molecule has 8 heteroatoms. The molecule has 1 heterocycles. The van der Waals surface area contributed by atoms with Crippen LogP contribution in [0, 0.1) is 10.1 Å². The molecule has 1 saturated heterocycles. The Morgan fingerprint density at radius 3 is 2.55 bits per heavy atom. The smallest absolute Gasteiger partial charge is 0.269 e. The van der Waals surface area contributed by atoms with Gasteiger partial charge >= 0.3 is 0 Å². The van der Waals surface area contributed by atoms with Crippen LogP contribution in [-0.4, -0.2) is 51.5 Å². The van der Waals surface area contributed by atoms with Gasteiger partial charge in [-0.15, -0.1) is 0 Å². The first-order valence-electron chi connectivity index (χ1n) is 6.05. The molecule has 0 aromatic heterocycles. The minimum atomic E-state index is -1.17. The number of benzene rings is 1. The summed E-state index contributed by atoms with van der Waals surface area (Å²) in [7, 11) is 0. The third-order valence-corrected chi connectivity index (χ3v) is 3.03. The van der Waals surface area contributed by atoms with Crippen LogP contribution in [0.5, 0.6) is 5.75 Å². The molecule has 110 valence electrons. The molecule has 4 atom stereocenters. The van der Waals surface area contributed by atoms with Crippen molar-refractivity contribution >= 4 is 5.69 Å². The maximum Gasteiger partial charge on any atom is 0.269 e. The topological polar surface area (TPSA) is 122 Å². The zero-order chi connectivity index (χ0) is 14.7. The minimum absolute atomic E-state index is 0.0364. The predicted octanol–water partition coefficient (Wildman–Crippen LogP) is -0.197. The van der Waals surface area contributed by atoms with Crippen LogP contribution in [0.2, 0.25) is 0 Å². The summed E-state index contributed by atoms with van der Waals surface area (Å²) >= 11 is 0. The molecule has 0 spiro atoms. The number of rotatable bonds is 4. The molecule has 1 fully saturated rings. The van der Waals surface area contributed by atoms with Gasteiger partial charge in [-0.1, -0.05) is 0 Å². The first-order valence-corrected chi connectivity index (χ1v) is 6.05. The number of aliphatic hydroxyl groups excluding tert-OH is 3. The highest BCUT2D eigenvalue weighted by Gasteiger charge is 2.37. The largest absolute Gasteiger partial charge is 0.465 e. The summed E-state index contributed by atoms with van der Waals surface area (Å²) in [5, 5.41) is 38.7. The van der Waals surface area contributed by atoms with E-state index in [0.717, 1.165) is 0 Å². The molecular weight excluding hydrogens is 270 g/mol. The molecule has 1 aromatic carbocycles. The Hall–Kier alpha value is -1.74. The van der Waals surface area contributed by atoms with Gasteiger partial charge in [0, 0.05) is 18.6 Å². The number of nitro groups is 1. The second kappa shape index (κ2) is 6.14. The molecule has 8 nitrogen and oxygen atoms in total. The Kier molecular flexibility index (Phi) is 4.50. The Morgan fingerprint density at radius 1 is 1.35 bits per heavy atom. The molecule has 0 amide bonds. The summed E-state index contributed by atoms with van der Waals surface area (Å²) < 4.78 is 10.7. The van der Waals surface area contributed by atoms with Crippen molar-refractivity contribution in [2.75, 3.05) is 6.61 Å². The molecule has 0 bridgehead atoms.